The van der Waals surface area contributed by atoms with Crippen molar-refractivity contribution in [2.45, 2.75) is 12.8 Å². The zero-order chi connectivity index (χ0) is 11.3. The third-order valence-electron chi connectivity index (χ3n) is 1.61. The van der Waals surface area contributed by atoms with E-state index in [1.807, 2.05) is 6.07 Å². The fourth-order valence-corrected chi connectivity index (χ4v) is 1.54. The lowest BCUT2D eigenvalue weighted by atomic mass is 10.3. The van der Waals surface area contributed by atoms with Gasteiger partial charge in [0, 0.05) is 28.6 Å². The van der Waals surface area contributed by atoms with Crippen LogP contribution in [0.5, 0.6) is 0 Å². The topological polar surface area (TPSA) is 52.9 Å². The largest absolute Gasteiger partial charge is 0.326 e. The molecule has 0 atom stereocenters. The number of hydrogen-bond donors (Lipinski definition) is 1. The van der Waals surface area contributed by atoms with Gasteiger partial charge >= 0.3 is 0 Å². The Balaban J connectivity index is 2.65. The smallest absolute Gasteiger partial charge is 0.225 e. The fraction of sp³-hybridized carbons (Fsp3) is 0.200. The molecule has 1 rings (SSSR count). The molecule has 0 fully saturated rings. The molecule has 0 radical (unpaired) electrons. The first-order valence-corrected chi connectivity index (χ1v) is 5.00. The summed E-state index contributed by atoms with van der Waals surface area (Å²) in [6.07, 6.45) is 0.362. The maximum Gasteiger partial charge on any atom is 0.225 e. The quantitative estimate of drug-likeness (QED) is 0.885. The fourth-order valence-electron chi connectivity index (χ4n) is 1.02. The summed E-state index contributed by atoms with van der Waals surface area (Å²) < 4.78 is 0. The minimum Gasteiger partial charge on any atom is -0.326 e. The van der Waals surface area contributed by atoms with Crippen LogP contribution in [0.3, 0.4) is 0 Å². The molecule has 0 aliphatic heterocycles. The Morgan fingerprint density at radius 3 is 2.47 bits per heavy atom. The molecule has 0 bridgehead atoms. The van der Waals surface area contributed by atoms with E-state index in [1.54, 1.807) is 18.2 Å². The average Bonchev–Trinajstić information content (AvgIpc) is 2.13. The highest BCUT2D eigenvalue weighted by Crippen LogP contribution is 2.22. The van der Waals surface area contributed by atoms with Crippen LogP contribution in [0, 0.1) is 11.3 Å². The van der Waals surface area contributed by atoms with Gasteiger partial charge in [0.05, 0.1) is 6.07 Å². The molecule has 0 heterocycles. The molecule has 1 aromatic carbocycles. The van der Waals surface area contributed by atoms with E-state index in [-0.39, 0.29) is 18.7 Å². The molecule has 5 heteroatoms. The highest BCUT2D eigenvalue weighted by atomic mass is 35.5. The maximum absolute atomic E-state index is 11.2. The van der Waals surface area contributed by atoms with E-state index in [0.717, 1.165) is 0 Å². The first-order valence-electron chi connectivity index (χ1n) is 4.24. The number of nitrogens with one attached hydrogen (secondary N) is 1. The number of hydrogen-bond acceptors (Lipinski definition) is 2. The van der Waals surface area contributed by atoms with Crippen molar-refractivity contribution in [3.05, 3.63) is 28.2 Å². The van der Waals surface area contributed by atoms with Crippen LogP contribution in [-0.4, -0.2) is 5.91 Å². The van der Waals surface area contributed by atoms with Gasteiger partial charge in [-0.3, -0.25) is 4.79 Å². The molecule has 0 saturated heterocycles. The lowest BCUT2D eigenvalue weighted by molar-refractivity contribution is -0.116. The van der Waals surface area contributed by atoms with E-state index in [9.17, 15) is 4.79 Å². The molecule has 78 valence electrons. The number of rotatable bonds is 3. The van der Waals surface area contributed by atoms with E-state index in [1.165, 1.54) is 0 Å². The van der Waals surface area contributed by atoms with Gasteiger partial charge in [-0.25, -0.2) is 0 Å². The van der Waals surface area contributed by atoms with Crippen molar-refractivity contribution in [2.24, 2.45) is 0 Å². The van der Waals surface area contributed by atoms with Crippen LogP contribution in [0.1, 0.15) is 12.8 Å². The van der Waals surface area contributed by atoms with Crippen molar-refractivity contribution in [3.8, 4) is 6.07 Å². The van der Waals surface area contributed by atoms with Crippen LogP contribution < -0.4 is 5.32 Å². The van der Waals surface area contributed by atoms with Gasteiger partial charge < -0.3 is 5.32 Å². The molecule has 1 N–H and O–H groups in total. The van der Waals surface area contributed by atoms with Gasteiger partial charge in [0.25, 0.3) is 0 Å². The van der Waals surface area contributed by atoms with E-state index in [2.05, 4.69) is 5.32 Å². The lowest BCUT2D eigenvalue weighted by Crippen LogP contribution is -2.10. The zero-order valence-electron chi connectivity index (χ0n) is 7.76. The van der Waals surface area contributed by atoms with Gasteiger partial charge in [-0.1, -0.05) is 23.2 Å². The third-order valence-corrected chi connectivity index (χ3v) is 2.05. The van der Waals surface area contributed by atoms with Gasteiger partial charge in [0.2, 0.25) is 5.91 Å². The third kappa shape index (κ3) is 4.20. The summed E-state index contributed by atoms with van der Waals surface area (Å²) >= 11 is 11.5. The Labute approximate surface area is 97.6 Å². The molecular formula is C10H8Cl2N2O. The number of anilines is 1. The number of amides is 1. The summed E-state index contributed by atoms with van der Waals surface area (Å²) in [4.78, 5) is 11.2. The predicted octanol–water partition coefficient (Wildman–Crippen LogP) is 3.24. The zero-order valence-corrected chi connectivity index (χ0v) is 9.27. The van der Waals surface area contributed by atoms with Crippen LogP contribution in [0.2, 0.25) is 10.0 Å². The molecule has 15 heavy (non-hydrogen) atoms. The summed E-state index contributed by atoms with van der Waals surface area (Å²) in [5, 5.41) is 11.8. The molecular weight excluding hydrogens is 235 g/mol. The standard InChI is InChI=1S/C10H8Cl2N2O/c11-7-4-8(12)6-9(5-7)14-10(15)2-1-3-13/h4-6H,1-2H2,(H,14,15). The van der Waals surface area contributed by atoms with Crippen molar-refractivity contribution < 1.29 is 4.79 Å². The van der Waals surface area contributed by atoms with Crippen LogP contribution in [0.4, 0.5) is 5.69 Å². The molecule has 0 unspecified atom stereocenters. The first-order chi connectivity index (χ1) is 7.11. The van der Waals surface area contributed by atoms with Crippen molar-refractivity contribution in [1.82, 2.24) is 0 Å². The molecule has 1 aromatic rings. The van der Waals surface area contributed by atoms with E-state index < -0.39 is 0 Å². The molecule has 0 aliphatic carbocycles. The Hall–Kier alpha value is -1.24. The van der Waals surface area contributed by atoms with E-state index >= 15 is 0 Å². The summed E-state index contributed by atoms with van der Waals surface area (Å²) in [5.41, 5.74) is 0.537. The minimum atomic E-state index is -0.227. The van der Waals surface area contributed by atoms with Crippen LogP contribution in [0.15, 0.2) is 18.2 Å². The second-order valence-corrected chi connectivity index (χ2v) is 3.74. The monoisotopic (exact) mass is 242 g/mol. The summed E-state index contributed by atoms with van der Waals surface area (Å²) in [6, 6.07) is 6.66. The maximum atomic E-state index is 11.2. The van der Waals surface area contributed by atoms with Crippen molar-refractivity contribution in [2.75, 3.05) is 5.32 Å². The van der Waals surface area contributed by atoms with E-state index in [0.29, 0.717) is 15.7 Å². The molecule has 3 nitrogen and oxygen atoms in total. The Bertz CT molecular complexity index is 392. The van der Waals surface area contributed by atoms with E-state index in [4.69, 9.17) is 28.5 Å². The number of carbonyl (C=O) groups is 1. The Morgan fingerprint density at radius 2 is 1.93 bits per heavy atom. The van der Waals surface area contributed by atoms with Gasteiger partial charge in [-0.05, 0) is 18.2 Å². The van der Waals surface area contributed by atoms with Gasteiger partial charge in [0.15, 0.2) is 0 Å². The Morgan fingerprint density at radius 1 is 1.33 bits per heavy atom. The Kier molecular flexibility index (Phi) is 4.41. The summed E-state index contributed by atoms with van der Waals surface area (Å²) in [6.45, 7) is 0. The van der Waals surface area contributed by atoms with Crippen molar-refractivity contribution >= 4 is 34.8 Å². The van der Waals surface area contributed by atoms with Crippen LogP contribution >= 0.6 is 23.2 Å². The molecule has 0 saturated carbocycles. The number of nitriles is 1. The SMILES string of the molecule is N#CCCC(=O)Nc1cc(Cl)cc(Cl)c1. The lowest BCUT2D eigenvalue weighted by Gasteiger charge is -2.04. The highest BCUT2D eigenvalue weighted by molar-refractivity contribution is 6.35. The number of halogens is 2. The van der Waals surface area contributed by atoms with Crippen LogP contribution in [0.25, 0.3) is 0 Å². The van der Waals surface area contributed by atoms with Gasteiger partial charge in [-0.15, -0.1) is 0 Å². The second-order valence-electron chi connectivity index (χ2n) is 2.86. The minimum absolute atomic E-state index is 0.167. The first kappa shape index (κ1) is 11.8. The number of carbonyl (C=O) groups excluding carboxylic acids is 1. The molecule has 1 amide bonds. The van der Waals surface area contributed by atoms with Crippen molar-refractivity contribution in [1.29, 1.82) is 5.26 Å². The van der Waals surface area contributed by atoms with Crippen LogP contribution in [-0.2, 0) is 4.79 Å². The van der Waals surface area contributed by atoms with Crippen molar-refractivity contribution in [3.63, 3.8) is 0 Å². The highest BCUT2D eigenvalue weighted by Gasteiger charge is 2.03. The summed E-state index contributed by atoms with van der Waals surface area (Å²) in [7, 11) is 0. The molecule has 0 aliphatic rings. The normalized spacial score (nSPS) is 9.40. The second kappa shape index (κ2) is 5.59. The van der Waals surface area contributed by atoms with Gasteiger partial charge in [0.1, 0.15) is 0 Å². The average molecular weight is 243 g/mol. The predicted molar refractivity (Wildman–Crippen MR) is 59.9 cm³/mol. The molecule has 0 aromatic heterocycles. The number of nitrogens with zero attached hydrogens (tertiary/aromatic N) is 1. The van der Waals surface area contributed by atoms with Gasteiger partial charge in [-0.2, -0.15) is 5.26 Å². The number of benzene rings is 1. The molecule has 0 spiro atoms. The summed E-state index contributed by atoms with van der Waals surface area (Å²) in [5.74, 6) is -0.227.